The highest BCUT2D eigenvalue weighted by Gasteiger charge is 2.16. The Balaban J connectivity index is 0.00000112. The molecule has 31 heavy (non-hydrogen) atoms. The van der Waals surface area contributed by atoms with Crippen molar-refractivity contribution in [1.82, 2.24) is 14.6 Å². The predicted octanol–water partition coefficient (Wildman–Crippen LogP) is 6.40. The molecule has 0 radical (unpaired) electrons. The maximum atomic E-state index is 5.45. The summed E-state index contributed by atoms with van der Waals surface area (Å²) >= 11 is 1.70. The average molecular weight is 439 g/mol. The number of imidazole rings is 1. The Labute approximate surface area is 187 Å². The molecule has 3 aromatic heterocycles. The lowest BCUT2D eigenvalue weighted by Gasteiger charge is -2.23. The molecule has 6 nitrogen and oxygen atoms in total. The normalized spacial score (nSPS) is 14.3. The summed E-state index contributed by atoms with van der Waals surface area (Å²) < 4.78 is 14.0. The maximum Gasteiger partial charge on any atom is 0.162 e. The highest BCUT2D eigenvalue weighted by atomic mass is 32.1. The topological polar surface area (TPSA) is 60.7 Å². The lowest BCUT2D eigenvalue weighted by atomic mass is 9.95. The molecule has 1 aliphatic rings. The van der Waals surface area contributed by atoms with Crippen molar-refractivity contribution in [2.24, 2.45) is 0 Å². The fourth-order valence-corrected chi connectivity index (χ4v) is 5.14. The van der Waals surface area contributed by atoms with E-state index in [0.29, 0.717) is 6.04 Å². The van der Waals surface area contributed by atoms with Gasteiger partial charge in [-0.25, -0.2) is 9.50 Å². The van der Waals surface area contributed by atoms with Gasteiger partial charge in [-0.3, -0.25) is 0 Å². The Kier molecular flexibility index (Phi) is 6.61. The first-order chi connectivity index (χ1) is 15.2. The summed E-state index contributed by atoms with van der Waals surface area (Å²) in [5.41, 5.74) is 1.84. The number of methoxy groups -OCH3 is 2. The molecular formula is C24H30N4O2S. The molecule has 1 aromatic carbocycles. The Morgan fingerprint density at radius 1 is 1.00 bits per heavy atom. The van der Waals surface area contributed by atoms with Gasteiger partial charge in [0.1, 0.15) is 11.5 Å². The number of benzene rings is 1. The molecule has 0 spiro atoms. The molecule has 5 rings (SSSR count). The minimum atomic E-state index is 0.518. The maximum absolute atomic E-state index is 5.45. The minimum absolute atomic E-state index is 0.518. The number of hydrogen-bond acceptors (Lipinski definition) is 6. The number of anilines is 1. The van der Waals surface area contributed by atoms with Crippen molar-refractivity contribution in [3.05, 3.63) is 36.5 Å². The van der Waals surface area contributed by atoms with Gasteiger partial charge >= 0.3 is 0 Å². The van der Waals surface area contributed by atoms with E-state index in [1.165, 1.54) is 32.1 Å². The minimum Gasteiger partial charge on any atom is -0.493 e. The molecule has 1 aliphatic carbocycles. The van der Waals surface area contributed by atoms with Crippen molar-refractivity contribution in [2.75, 3.05) is 19.5 Å². The molecule has 0 amide bonds. The number of rotatable bonds is 5. The summed E-state index contributed by atoms with van der Waals surface area (Å²) in [5, 5.41) is 9.57. The Bertz CT molecular complexity index is 1120. The molecule has 0 bridgehead atoms. The predicted molar refractivity (Wildman–Crippen MR) is 129 cm³/mol. The zero-order valence-electron chi connectivity index (χ0n) is 18.6. The van der Waals surface area contributed by atoms with Crippen LogP contribution in [0.3, 0.4) is 0 Å². The zero-order valence-corrected chi connectivity index (χ0v) is 19.5. The molecule has 1 N–H and O–H groups in total. The summed E-state index contributed by atoms with van der Waals surface area (Å²) in [6.07, 6.45) is 8.27. The third kappa shape index (κ3) is 4.32. The third-order valence-electron chi connectivity index (χ3n) is 5.59. The molecular weight excluding hydrogens is 408 g/mol. The number of aromatic nitrogens is 3. The monoisotopic (exact) mass is 438 g/mol. The van der Waals surface area contributed by atoms with E-state index in [1.807, 2.05) is 48.8 Å². The van der Waals surface area contributed by atoms with E-state index in [0.717, 1.165) is 43.6 Å². The van der Waals surface area contributed by atoms with Gasteiger partial charge in [-0.2, -0.15) is 0 Å². The lowest BCUT2D eigenvalue weighted by Crippen LogP contribution is -2.23. The van der Waals surface area contributed by atoms with Crippen LogP contribution in [0.1, 0.15) is 46.0 Å². The molecule has 1 fully saturated rings. The molecule has 0 saturated heterocycles. The van der Waals surface area contributed by atoms with Crippen LogP contribution in [0.4, 0.5) is 5.82 Å². The second-order valence-corrected chi connectivity index (χ2v) is 8.55. The van der Waals surface area contributed by atoms with Gasteiger partial charge in [-0.15, -0.1) is 16.4 Å². The van der Waals surface area contributed by atoms with Gasteiger partial charge in [0.25, 0.3) is 0 Å². The first kappa shape index (κ1) is 21.4. The van der Waals surface area contributed by atoms with Gasteiger partial charge in [0, 0.05) is 16.8 Å². The number of thiophene rings is 1. The van der Waals surface area contributed by atoms with Crippen LogP contribution in [0.15, 0.2) is 36.5 Å². The second-order valence-electron chi connectivity index (χ2n) is 7.47. The van der Waals surface area contributed by atoms with Crippen LogP contribution in [0.2, 0.25) is 0 Å². The van der Waals surface area contributed by atoms with Crippen LogP contribution < -0.4 is 14.8 Å². The Morgan fingerprint density at radius 2 is 1.74 bits per heavy atom. The van der Waals surface area contributed by atoms with Crippen LogP contribution in [0.25, 0.3) is 26.3 Å². The van der Waals surface area contributed by atoms with Crippen molar-refractivity contribution in [3.8, 4) is 22.1 Å². The molecule has 3 heterocycles. The SMILES string of the molecule is CC.COc1cc2cc(-c3cnc4ccc(NC5CCCCC5)nn34)sc2cc1OC. The molecule has 0 atom stereocenters. The smallest absolute Gasteiger partial charge is 0.162 e. The summed E-state index contributed by atoms with van der Waals surface area (Å²) in [7, 11) is 3.32. The fourth-order valence-electron chi connectivity index (χ4n) is 4.07. The largest absolute Gasteiger partial charge is 0.493 e. The van der Waals surface area contributed by atoms with Crippen molar-refractivity contribution in [1.29, 1.82) is 0 Å². The van der Waals surface area contributed by atoms with Crippen molar-refractivity contribution >= 4 is 32.9 Å². The van der Waals surface area contributed by atoms with Crippen molar-refractivity contribution < 1.29 is 9.47 Å². The van der Waals surface area contributed by atoms with E-state index in [2.05, 4.69) is 16.4 Å². The third-order valence-corrected chi connectivity index (χ3v) is 6.71. The number of nitrogens with zero attached hydrogens (tertiary/aromatic N) is 3. The van der Waals surface area contributed by atoms with Crippen LogP contribution in [-0.4, -0.2) is 34.9 Å². The van der Waals surface area contributed by atoms with E-state index >= 15 is 0 Å². The standard InChI is InChI=1S/C22H24N4O2S.C2H6/c1-27-17-10-14-11-20(29-19(14)12-18(17)28-2)16-13-23-22-9-8-21(25-26(16)22)24-15-6-4-3-5-7-15;1-2/h8-13,15H,3-7H2,1-2H3,(H,24,25);1-2H3. The van der Waals surface area contributed by atoms with Gasteiger partial charge in [-0.05, 0) is 42.5 Å². The number of ether oxygens (including phenoxy) is 2. The molecule has 7 heteroatoms. The van der Waals surface area contributed by atoms with Crippen LogP contribution in [0.5, 0.6) is 11.5 Å². The summed E-state index contributed by atoms with van der Waals surface area (Å²) in [4.78, 5) is 5.67. The first-order valence-corrected chi connectivity index (χ1v) is 11.8. The van der Waals surface area contributed by atoms with Gasteiger partial charge < -0.3 is 14.8 Å². The number of hydrogen-bond donors (Lipinski definition) is 1. The average Bonchev–Trinajstić information content (AvgIpc) is 3.43. The van der Waals surface area contributed by atoms with Crippen molar-refractivity contribution in [2.45, 2.75) is 52.0 Å². The molecule has 164 valence electrons. The number of fused-ring (bicyclic) bond motifs is 2. The van der Waals surface area contributed by atoms with E-state index in [4.69, 9.17) is 14.6 Å². The van der Waals surface area contributed by atoms with Gasteiger partial charge in [0.15, 0.2) is 17.1 Å². The molecule has 0 aliphatic heterocycles. The summed E-state index contributed by atoms with van der Waals surface area (Å²) in [5.74, 6) is 2.39. The summed E-state index contributed by atoms with van der Waals surface area (Å²) in [6, 6.07) is 10.8. The fraction of sp³-hybridized carbons (Fsp3) is 0.417. The van der Waals surface area contributed by atoms with Crippen LogP contribution in [-0.2, 0) is 0 Å². The highest BCUT2D eigenvalue weighted by molar-refractivity contribution is 7.22. The molecule has 0 unspecified atom stereocenters. The van der Waals surface area contributed by atoms with E-state index in [9.17, 15) is 0 Å². The van der Waals surface area contributed by atoms with E-state index in [-0.39, 0.29) is 0 Å². The second kappa shape index (κ2) is 9.56. The number of nitrogens with one attached hydrogen (secondary N) is 1. The van der Waals surface area contributed by atoms with Crippen LogP contribution in [0, 0.1) is 0 Å². The lowest BCUT2D eigenvalue weighted by molar-refractivity contribution is 0.356. The molecule has 4 aromatic rings. The van der Waals surface area contributed by atoms with Gasteiger partial charge in [0.05, 0.1) is 25.3 Å². The Morgan fingerprint density at radius 3 is 2.48 bits per heavy atom. The zero-order chi connectivity index (χ0) is 21.8. The van der Waals surface area contributed by atoms with Crippen LogP contribution >= 0.6 is 11.3 Å². The summed E-state index contributed by atoms with van der Waals surface area (Å²) in [6.45, 7) is 4.00. The first-order valence-electron chi connectivity index (χ1n) is 11.0. The molecule has 1 saturated carbocycles. The van der Waals surface area contributed by atoms with Crippen molar-refractivity contribution in [3.63, 3.8) is 0 Å². The quantitative estimate of drug-likeness (QED) is 0.391. The highest BCUT2D eigenvalue weighted by Crippen LogP contribution is 2.39. The van der Waals surface area contributed by atoms with E-state index < -0.39 is 0 Å². The van der Waals surface area contributed by atoms with Gasteiger partial charge in [0.2, 0.25) is 0 Å². The Hall–Kier alpha value is -2.80. The van der Waals surface area contributed by atoms with Gasteiger partial charge in [-0.1, -0.05) is 33.1 Å². The van der Waals surface area contributed by atoms with E-state index in [1.54, 1.807) is 25.6 Å².